The molecule has 0 bridgehead atoms. The second kappa shape index (κ2) is 6.92. The molecule has 0 saturated heterocycles. The predicted molar refractivity (Wildman–Crippen MR) is 108 cm³/mol. The van der Waals surface area contributed by atoms with Gasteiger partial charge >= 0.3 is 0 Å². The number of nitrogens with zero attached hydrogens (tertiary/aromatic N) is 3. The summed E-state index contributed by atoms with van der Waals surface area (Å²) in [6, 6.07) is 6.34. The lowest BCUT2D eigenvalue weighted by molar-refractivity contribution is -0.110. The largest absolute Gasteiger partial charge is 0.366 e. The van der Waals surface area contributed by atoms with Crippen LogP contribution in [0.4, 0.5) is 11.5 Å². The smallest absolute Gasteiger partial charge is 0.256 e. The molecule has 1 aliphatic heterocycles. The quantitative estimate of drug-likeness (QED) is 0.607. The number of H-pyrrole nitrogens is 1. The highest BCUT2D eigenvalue weighted by Gasteiger charge is 2.25. The summed E-state index contributed by atoms with van der Waals surface area (Å²) < 4.78 is 0. The number of carbonyl (C=O) groups is 1. The average molecular weight is 372 g/mol. The van der Waals surface area contributed by atoms with Crippen molar-refractivity contribution in [2.24, 2.45) is 0 Å². The van der Waals surface area contributed by atoms with Gasteiger partial charge in [0.05, 0.1) is 41.9 Å². The van der Waals surface area contributed by atoms with E-state index in [9.17, 15) is 4.79 Å². The topological polar surface area (TPSA) is 95.6 Å². The van der Waals surface area contributed by atoms with Crippen molar-refractivity contribution in [1.82, 2.24) is 19.9 Å². The maximum Gasteiger partial charge on any atom is 0.256 e. The molecule has 2 aliphatic rings. The van der Waals surface area contributed by atoms with E-state index in [0.29, 0.717) is 11.6 Å². The Balaban J connectivity index is 1.48. The zero-order valence-corrected chi connectivity index (χ0v) is 15.3. The van der Waals surface area contributed by atoms with Crippen molar-refractivity contribution in [3.63, 3.8) is 0 Å². The minimum atomic E-state index is -0.121. The Morgan fingerprint density at radius 2 is 2.00 bits per heavy atom. The molecule has 3 aromatic rings. The fraction of sp³-hybridized carbons (Fsp3) is 0.238. The Labute approximate surface area is 162 Å². The third-order valence-electron chi connectivity index (χ3n) is 5.26. The van der Waals surface area contributed by atoms with Gasteiger partial charge in [-0.05, 0) is 31.1 Å². The number of imidazole rings is 1. The van der Waals surface area contributed by atoms with Crippen LogP contribution in [0.15, 0.2) is 43.1 Å². The molecule has 2 aromatic heterocycles. The van der Waals surface area contributed by atoms with Gasteiger partial charge in [-0.2, -0.15) is 0 Å². The molecule has 1 amide bonds. The lowest BCUT2D eigenvalue weighted by Crippen LogP contribution is -2.15. The summed E-state index contributed by atoms with van der Waals surface area (Å²) >= 11 is 0. The normalized spacial score (nSPS) is 17.7. The molecule has 3 N–H and O–H groups in total. The standard InChI is InChI=1S/C21H20N6O/c28-21-17(8-15-9-23-12-24-15)16-7-13(5-6-18(16)27-21)19-10-22-11-20(26-19)25-14-3-1-2-4-14/h5-12,14H,1-4H2,(H,23,24)(H,25,26)(H,27,28)/b17-8-. The molecule has 7 heteroatoms. The van der Waals surface area contributed by atoms with Crippen molar-refractivity contribution >= 4 is 29.1 Å². The number of amides is 1. The first kappa shape index (κ1) is 16.7. The van der Waals surface area contributed by atoms with Crippen LogP contribution in [0.2, 0.25) is 0 Å². The van der Waals surface area contributed by atoms with Crippen LogP contribution in [0.5, 0.6) is 0 Å². The first-order valence-corrected chi connectivity index (χ1v) is 9.51. The number of aromatic nitrogens is 4. The average Bonchev–Trinajstić information content (AvgIpc) is 3.45. The minimum absolute atomic E-state index is 0.121. The van der Waals surface area contributed by atoms with Crippen LogP contribution in [0.1, 0.15) is 36.9 Å². The molecule has 7 nitrogen and oxygen atoms in total. The van der Waals surface area contributed by atoms with E-state index in [1.165, 1.54) is 25.7 Å². The van der Waals surface area contributed by atoms with E-state index in [0.717, 1.165) is 34.0 Å². The molecule has 28 heavy (non-hydrogen) atoms. The van der Waals surface area contributed by atoms with Gasteiger partial charge in [-0.3, -0.25) is 9.78 Å². The van der Waals surface area contributed by atoms with Crippen LogP contribution in [-0.2, 0) is 4.79 Å². The van der Waals surface area contributed by atoms with Crippen molar-refractivity contribution in [2.75, 3.05) is 10.6 Å². The summed E-state index contributed by atoms with van der Waals surface area (Å²) in [5.74, 6) is 0.678. The third kappa shape index (κ3) is 3.15. The number of anilines is 2. The Morgan fingerprint density at radius 3 is 2.82 bits per heavy atom. The van der Waals surface area contributed by atoms with E-state index in [4.69, 9.17) is 4.98 Å². The van der Waals surface area contributed by atoms with E-state index >= 15 is 0 Å². The molecular formula is C21H20N6O. The van der Waals surface area contributed by atoms with Gasteiger partial charge in [0.15, 0.2) is 0 Å². The molecule has 0 unspecified atom stereocenters. The maximum atomic E-state index is 12.4. The van der Waals surface area contributed by atoms with E-state index < -0.39 is 0 Å². The first-order valence-electron chi connectivity index (χ1n) is 9.51. The lowest BCUT2D eigenvalue weighted by atomic mass is 10.0. The number of rotatable bonds is 4. The summed E-state index contributed by atoms with van der Waals surface area (Å²) in [4.78, 5) is 28.5. The van der Waals surface area contributed by atoms with Gasteiger partial charge in [-0.15, -0.1) is 0 Å². The van der Waals surface area contributed by atoms with Gasteiger partial charge < -0.3 is 15.6 Å². The Kier molecular flexibility index (Phi) is 4.12. The number of benzene rings is 1. The van der Waals surface area contributed by atoms with E-state index in [1.54, 1.807) is 24.9 Å². The molecule has 0 spiro atoms. The van der Waals surface area contributed by atoms with Crippen LogP contribution >= 0.6 is 0 Å². The maximum absolute atomic E-state index is 12.4. The van der Waals surface area contributed by atoms with Gasteiger partial charge in [0.25, 0.3) is 5.91 Å². The van der Waals surface area contributed by atoms with Crippen LogP contribution in [0.3, 0.4) is 0 Å². The molecule has 1 saturated carbocycles. The minimum Gasteiger partial charge on any atom is -0.366 e. The van der Waals surface area contributed by atoms with Gasteiger partial charge in [0.1, 0.15) is 5.82 Å². The third-order valence-corrected chi connectivity index (χ3v) is 5.26. The number of fused-ring (bicyclic) bond motifs is 1. The second-order valence-electron chi connectivity index (χ2n) is 7.19. The molecule has 5 rings (SSSR count). The van der Waals surface area contributed by atoms with Crippen molar-refractivity contribution in [1.29, 1.82) is 0 Å². The zero-order valence-electron chi connectivity index (χ0n) is 15.3. The van der Waals surface area contributed by atoms with Crippen LogP contribution < -0.4 is 10.6 Å². The number of hydrogen-bond acceptors (Lipinski definition) is 5. The number of aromatic amines is 1. The highest BCUT2D eigenvalue weighted by molar-refractivity contribution is 6.35. The molecule has 1 aromatic carbocycles. The molecule has 1 aliphatic carbocycles. The molecule has 0 atom stereocenters. The fourth-order valence-corrected chi connectivity index (χ4v) is 3.85. The lowest BCUT2D eigenvalue weighted by Gasteiger charge is -2.13. The predicted octanol–water partition coefficient (Wildman–Crippen LogP) is 3.71. The Hall–Kier alpha value is -3.48. The van der Waals surface area contributed by atoms with Crippen LogP contribution in [-0.4, -0.2) is 31.9 Å². The Bertz CT molecular complexity index is 1050. The molecule has 1 fully saturated rings. The first-order chi connectivity index (χ1) is 13.8. The summed E-state index contributed by atoms with van der Waals surface area (Å²) in [5, 5.41) is 6.39. The van der Waals surface area contributed by atoms with Crippen LogP contribution in [0.25, 0.3) is 22.9 Å². The summed E-state index contributed by atoms with van der Waals surface area (Å²) in [7, 11) is 0. The fourth-order valence-electron chi connectivity index (χ4n) is 3.85. The van der Waals surface area contributed by atoms with E-state index in [-0.39, 0.29) is 5.91 Å². The summed E-state index contributed by atoms with van der Waals surface area (Å²) in [5.41, 5.74) is 4.75. The van der Waals surface area contributed by atoms with Crippen molar-refractivity contribution in [2.45, 2.75) is 31.7 Å². The van der Waals surface area contributed by atoms with Gasteiger partial charge in [-0.25, -0.2) is 9.97 Å². The van der Waals surface area contributed by atoms with Crippen molar-refractivity contribution in [3.05, 3.63) is 54.4 Å². The Morgan fingerprint density at radius 1 is 1.11 bits per heavy atom. The molecule has 140 valence electrons. The second-order valence-corrected chi connectivity index (χ2v) is 7.19. The number of hydrogen-bond donors (Lipinski definition) is 3. The SMILES string of the molecule is O=C1Nc2ccc(-c3cncc(NC4CCCC4)n3)cc2/C1=C/c1cnc[nH]1. The zero-order chi connectivity index (χ0) is 18.9. The monoisotopic (exact) mass is 372 g/mol. The van der Waals surface area contributed by atoms with Crippen molar-refractivity contribution in [3.8, 4) is 11.3 Å². The van der Waals surface area contributed by atoms with Gasteiger partial charge in [-0.1, -0.05) is 18.9 Å². The molecule has 0 radical (unpaired) electrons. The summed E-state index contributed by atoms with van der Waals surface area (Å²) in [6.07, 6.45) is 13.5. The van der Waals surface area contributed by atoms with E-state index in [1.807, 2.05) is 24.3 Å². The van der Waals surface area contributed by atoms with Crippen molar-refractivity contribution < 1.29 is 4.79 Å². The van der Waals surface area contributed by atoms with Crippen LogP contribution in [0, 0.1) is 0 Å². The summed E-state index contributed by atoms with van der Waals surface area (Å²) in [6.45, 7) is 0. The molecular weight excluding hydrogens is 352 g/mol. The van der Waals surface area contributed by atoms with Gasteiger partial charge in [0.2, 0.25) is 0 Å². The van der Waals surface area contributed by atoms with E-state index in [2.05, 4.69) is 25.6 Å². The number of nitrogens with one attached hydrogen (secondary N) is 3. The highest BCUT2D eigenvalue weighted by Crippen LogP contribution is 2.36. The van der Waals surface area contributed by atoms with Gasteiger partial charge in [0, 0.05) is 22.9 Å². The molecule has 3 heterocycles. The number of carbonyl (C=O) groups excluding carboxylic acids is 1. The highest BCUT2D eigenvalue weighted by atomic mass is 16.2.